The van der Waals surface area contributed by atoms with Crippen molar-refractivity contribution in [2.45, 2.75) is 32.4 Å². The normalized spacial score (nSPS) is 16.0. The van der Waals surface area contributed by atoms with Gasteiger partial charge in [0.2, 0.25) is 0 Å². The average molecular weight is 391 g/mol. The minimum Gasteiger partial charge on any atom is -0.491 e. The lowest BCUT2D eigenvalue weighted by Crippen LogP contribution is -2.17. The molecule has 29 heavy (non-hydrogen) atoms. The highest BCUT2D eigenvalue weighted by Gasteiger charge is 2.16. The third kappa shape index (κ3) is 5.03. The van der Waals surface area contributed by atoms with E-state index < -0.39 is 0 Å². The maximum Gasteiger partial charge on any atom is 0.256 e. The van der Waals surface area contributed by atoms with Crippen LogP contribution in [0.3, 0.4) is 0 Å². The second kappa shape index (κ2) is 8.92. The van der Waals surface area contributed by atoms with Gasteiger partial charge in [-0.1, -0.05) is 30.3 Å². The smallest absolute Gasteiger partial charge is 0.256 e. The van der Waals surface area contributed by atoms with Crippen LogP contribution in [0.5, 0.6) is 5.75 Å². The summed E-state index contributed by atoms with van der Waals surface area (Å²) in [6.45, 7) is 3.87. The number of rotatable bonds is 7. The van der Waals surface area contributed by atoms with Gasteiger partial charge < -0.3 is 14.8 Å². The van der Waals surface area contributed by atoms with E-state index in [0.717, 1.165) is 36.5 Å². The molecule has 150 valence electrons. The standard InChI is InChI=1S/C23H25N3O3/c1-17-14-22(26(25-17)15-18-6-3-2-4-7-18)24-23(27)19-9-11-20(12-10-19)29-16-21-8-5-13-28-21/h2-4,6-7,9-12,14,21H,5,8,13,15-16H2,1H3,(H,24,27). The molecule has 1 atom stereocenters. The van der Waals surface area contributed by atoms with Gasteiger partial charge in [0.25, 0.3) is 5.91 Å². The molecule has 1 saturated heterocycles. The Hall–Kier alpha value is -3.12. The van der Waals surface area contributed by atoms with Gasteiger partial charge in [-0.3, -0.25) is 4.79 Å². The van der Waals surface area contributed by atoms with E-state index in [0.29, 0.717) is 24.5 Å². The van der Waals surface area contributed by atoms with Crippen molar-refractivity contribution >= 4 is 11.7 Å². The van der Waals surface area contributed by atoms with Gasteiger partial charge in [0.1, 0.15) is 18.2 Å². The Morgan fingerprint density at radius 3 is 2.72 bits per heavy atom. The molecular weight excluding hydrogens is 366 g/mol. The van der Waals surface area contributed by atoms with Crippen LogP contribution in [0.15, 0.2) is 60.7 Å². The molecular formula is C23H25N3O3. The fourth-order valence-electron chi connectivity index (χ4n) is 3.38. The van der Waals surface area contributed by atoms with E-state index in [9.17, 15) is 4.79 Å². The zero-order chi connectivity index (χ0) is 20.1. The van der Waals surface area contributed by atoms with Crippen LogP contribution >= 0.6 is 0 Å². The molecule has 3 aromatic rings. The van der Waals surface area contributed by atoms with E-state index in [1.807, 2.05) is 60.1 Å². The van der Waals surface area contributed by atoms with E-state index in [2.05, 4.69) is 10.4 Å². The van der Waals surface area contributed by atoms with Crippen LogP contribution in [0.4, 0.5) is 5.82 Å². The van der Waals surface area contributed by atoms with Gasteiger partial charge in [0.15, 0.2) is 0 Å². The second-order valence-electron chi connectivity index (χ2n) is 7.24. The molecule has 0 saturated carbocycles. The molecule has 0 radical (unpaired) electrons. The van der Waals surface area contributed by atoms with Crippen LogP contribution in [-0.4, -0.2) is 35.0 Å². The summed E-state index contributed by atoms with van der Waals surface area (Å²) in [6, 6.07) is 19.1. The van der Waals surface area contributed by atoms with Gasteiger partial charge in [-0.2, -0.15) is 5.10 Å². The Labute approximate surface area is 170 Å². The number of hydrogen-bond donors (Lipinski definition) is 1. The second-order valence-corrected chi connectivity index (χ2v) is 7.24. The maximum atomic E-state index is 12.7. The molecule has 1 aliphatic heterocycles. The van der Waals surface area contributed by atoms with Gasteiger partial charge in [0, 0.05) is 18.2 Å². The van der Waals surface area contributed by atoms with Crippen LogP contribution in [-0.2, 0) is 11.3 Å². The average Bonchev–Trinajstić information content (AvgIpc) is 3.37. The number of aryl methyl sites for hydroxylation is 1. The molecule has 1 aliphatic rings. The van der Waals surface area contributed by atoms with Gasteiger partial charge in [0.05, 0.1) is 18.3 Å². The number of carbonyl (C=O) groups is 1. The number of anilines is 1. The molecule has 6 nitrogen and oxygen atoms in total. The Kier molecular flexibility index (Phi) is 5.91. The van der Waals surface area contributed by atoms with Crippen LogP contribution < -0.4 is 10.1 Å². The molecule has 4 rings (SSSR count). The molecule has 0 bridgehead atoms. The quantitative estimate of drug-likeness (QED) is 0.660. The largest absolute Gasteiger partial charge is 0.491 e. The van der Waals surface area contributed by atoms with E-state index in [1.165, 1.54) is 0 Å². The van der Waals surface area contributed by atoms with E-state index in [-0.39, 0.29) is 12.0 Å². The summed E-state index contributed by atoms with van der Waals surface area (Å²) in [5.41, 5.74) is 2.55. The lowest BCUT2D eigenvalue weighted by atomic mass is 10.2. The minimum absolute atomic E-state index is 0.172. The fraction of sp³-hybridized carbons (Fsp3) is 0.304. The SMILES string of the molecule is Cc1cc(NC(=O)c2ccc(OCC3CCCO3)cc2)n(Cc2ccccc2)n1. The Balaban J connectivity index is 1.39. The van der Waals surface area contributed by atoms with Crippen molar-refractivity contribution in [3.63, 3.8) is 0 Å². The summed E-state index contributed by atoms with van der Waals surface area (Å²) in [5.74, 6) is 1.24. The predicted octanol–water partition coefficient (Wildman–Crippen LogP) is 4.05. The number of hydrogen-bond acceptors (Lipinski definition) is 4. The lowest BCUT2D eigenvalue weighted by molar-refractivity contribution is 0.0679. The fourth-order valence-corrected chi connectivity index (χ4v) is 3.38. The highest BCUT2D eigenvalue weighted by atomic mass is 16.5. The van der Waals surface area contributed by atoms with Crippen molar-refractivity contribution < 1.29 is 14.3 Å². The molecule has 2 heterocycles. The molecule has 1 aromatic heterocycles. The van der Waals surface area contributed by atoms with Crippen molar-refractivity contribution in [2.24, 2.45) is 0 Å². The molecule has 1 amide bonds. The number of amides is 1. The van der Waals surface area contributed by atoms with Gasteiger partial charge in [-0.15, -0.1) is 0 Å². The first-order valence-electron chi connectivity index (χ1n) is 9.91. The van der Waals surface area contributed by atoms with Crippen molar-refractivity contribution in [3.05, 3.63) is 77.5 Å². The van der Waals surface area contributed by atoms with Crippen molar-refractivity contribution in [3.8, 4) is 5.75 Å². The molecule has 6 heteroatoms. The molecule has 1 unspecified atom stereocenters. The summed E-state index contributed by atoms with van der Waals surface area (Å²) >= 11 is 0. The van der Waals surface area contributed by atoms with Crippen molar-refractivity contribution in [1.82, 2.24) is 9.78 Å². The summed E-state index contributed by atoms with van der Waals surface area (Å²) in [4.78, 5) is 12.7. The molecule has 1 N–H and O–H groups in total. The van der Waals surface area contributed by atoms with Gasteiger partial charge in [-0.25, -0.2) is 4.68 Å². The first-order chi connectivity index (χ1) is 14.2. The number of nitrogens with one attached hydrogen (secondary N) is 1. The number of nitrogens with zero attached hydrogens (tertiary/aromatic N) is 2. The lowest BCUT2D eigenvalue weighted by Gasteiger charge is -2.12. The van der Waals surface area contributed by atoms with E-state index >= 15 is 0 Å². The van der Waals surface area contributed by atoms with E-state index in [4.69, 9.17) is 9.47 Å². The zero-order valence-electron chi connectivity index (χ0n) is 16.5. The monoisotopic (exact) mass is 391 g/mol. The summed E-state index contributed by atoms with van der Waals surface area (Å²) < 4.78 is 13.1. The van der Waals surface area contributed by atoms with Crippen LogP contribution in [0.1, 0.15) is 34.5 Å². The Morgan fingerprint density at radius 1 is 1.21 bits per heavy atom. The molecule has 1 fully saturated rings. The van der Waals surface area contributed by atoms with Crippen molar-refractivity contribution in [2.75, 3.05) is 18.5 Å². The van der Waals surface area contributed by atoms with Crippen molar-refractivity contribution in [1.29, 1.82) is 0 Å². The number of ether oxygens (including phenoxy) is 2. The van der Waals surface area contributed by atoms with Crippen LogP contribution in [0.2, 0.25) is 0 Å². The highest BCUT2D eigenvalue weighted by molar-refractivity contribution is 6.03. The van der Waals surface area contributed by atoms with Gasteiger partial charge >= 0.3 is 0 Å². The number of aromatic nitrogens is 2. The van der Waals surface area contributed by atoms with Crippen LogP contribution in [0, 0.1) is 6.92 Å². The number of benzene rings is 2. The molecule has 0 aliphatic carbocycles. The third-order valence-corrected chi connectivity index (χ3v) is 4.90. The van der Waals surface area contributed by atoms with Crippen LogP contribution in [0.25, 0.3) is 0 Å². The summed E-state index contributed by atoms with van der Waals surface area (Å²) in [6.07, 6.45) is 2.30. The molecule has 0 spiro atoms. The first kappa shape index (κ1) is 19.2. The van der Waals surface area contributed by atoms with Gasteiger partial charge in [-0.05, 0) is 49.6 Å². The zero-order valence-corrected chi connectivity index (χ0v) is 16.5. The highest BCUT2D eigenvalue weighted by Crippen LogP contribution is 2.18. The molecule has 2 aromatic carbocycles. The Bertz CT molecular complexity index is 945. The third-order valence-electron chi connectivity index (χ3n) is 4.90. The summed E-state index contributed by atoms with van der Waals surface area (Å²) in [7, 11) is 0. The number of carbonyl (C=O) groups excluding carboxylic acids is 1. The summed E-state index contributed by atoms with van der Waals surface area (Å²) in [5, 5.41) is 7.46. The predicted molar refractivity (Wildman–Crippen MR) is 111 cm³/mol. The minimum atomic E-state index is -0.176. The first-order valence-corrected chi connectivity index (χ1v) is 9.91. The van der Waals surface area contributed by atoms with E-state index in [1.54, 1.807) is 12.1 Å². The topological polar surface area (TPSA) is 65.4 Å². The Morgan fingerprint density at radius 2 is 2.00 bits per heavy atom. The maximum absolute atomic E-state index is 12.7.